The van der Waals surface area contributed by atoms with Crippen molar-refractivity contribution in [2.24, 2.45) is 0 Å². The molecule has 26 heavy (non-hydrogen) atoms. The highest BCUT2D eigenvalue weighted by atomic mass is 32.1. The van der Waals surface area contributed by atoms with Gasteiger partial charge in [0.2, 0.25) is 5.91 Å². The summed E-state index contributed by atoms with van der Waals surface area (Å²) in [4.78, 5) is 13.9. The summed E-state index contributed by atoms with van der Waals surface area (Å²) < 4.78 is 3.77. The van der Waals surface area contributed by atoms with E-state index in [2.05, 4.69) is 22.4 Å². The second-order valence-corrected chi connectivity index (χ2v) is 6.46. The maximum absolute atomic E-state index is 12.1. The Bertz CT molecular complexity index is 820. The van der Waals surface area contributed by atoms with Crippen LogP contribution in [0.1, 0.15) is 36.4 Å². The minimum atomic E-state index is -0.260. The molecule has 0 bridgehead atoms. The predicted molar refractivity (Wildman–Crippen MR) is 107 cm³/mol. The molecule has 0 atom stereocenters. The van der Waals surface area contributed by atoms with E-state index in [0.717, 1.165) is 35.6 Å². The van der Waals surface area contributed by atoms with Crippen molar-refractivity contribution in [1.29, 1.82) is 0 Å². The molecule has 0 aliphatic carbocycles. The van der Waals surface area contributed by atoms with Gasteiger partial charge in [-0.1, -0.05) is 0 Å². The number of hydrogen-bond acceptors (Lipinski definition) is 4. The summed E-state index contributed by atoms with van der Waals surface area (Å²) in [6, 6.07) is 0. The fourth-order valence-electron chi connectivity index (χ4n) is 2.63. The third-order valence-corrected chi connectivity index (χ3v) is 4.62. The van der Waals surface area contributed by atoms with Gasteiger partial charge >= 0.3 is 0 Å². The molecule has 140 valence electrons. The third-order valence-electron chi connectivity index (χ3n) is 4.21. The second kappa shape index (κ2) is 8.75. The van der Waals surface area contributed by atoms with Crippen molar-refractivity contribution in [3.05, 3.63) is 41.0 Å². The van der Waals surface area contributed by atoms with Gasteiger partial charge in [-0.3, -0.25) is 19.5 Å². The van der Waals surface area contributed by atoms with E-state index in [9.17, 15) is 4.79 Å². The first-order valence-electron chi connectivity index (χ1n) is 8.65. The average molecular weight is 375 g/mol. The quantitative estimate of drug-likeness (QED) is 0.621. The minimum Gasteiger partial charge on any atom is -0.348 e. The van der Waals surface area contributed by atoms with Crippen molar-refractivity contribution in [1.82, 2.24) is 29.8 Å². The molecule has 0 radical (unpaired) electrons. The van der Waals surface area contributed by atoms with E-state index in [1.54, 1.807) is 17.0 Å². The number of nitrogens with one attached hydrogen (secondary N) is 1. The summed E-state index contributed by atoms with van der Waals surface area (Å²) in [5, 5.41) is 11.8. The van der Waals surface area contributed by atoms with Gasteiger partial charge in [-0.15, -0.1) is 0 Å². The van der Waals surface area contributed by atoms with Crippen LogP contribution in [0.4, 0.5) is 0 Å². The van der Waals surface area contributed by atoms with Crippen molar-refractivity contribution >= 4 is 29.3 Å². The molecule has 7 nitrogen and oxygen atoms in total. The van der Waals surface area contributed by atoms with Crippen LogP contribution in [0.5, 0.6) is 0 Å². The molecule has 2 aromatic rings. The Morgan fingerprint density at radius 1 is 1.35 bits per heavy atom. The predicted octanol–water partition coefficient (Wildman–Crippen LogP) is 2.28. The molecule has 0 saturated heterocycles. The molecule has 2 rings (SSSR count). The van der Waals surface area contributed by atoms with E-state index in [-0.39, 0.29) is 5.91 Å². The number of aromatic nitrogens is 4. The number of amides is 1. The number of rotatable bonds is 6. The van der Waals surface area contributed by atoms with Gasteiger partial charge in [0.1, 0.15) is 0 Å². The second-order valence-electron chi connectivity index (χ2n) is 6.08. The Kier molecular flexibility index (Phi) is 6.68. The zero-order valence-electron chi connectivity index (χ0n) is 16.0. The Labute approximate surface area is 159 Å². The first kappa shape index (κ1) is 19.8. The molecular formula is C18H26N6OS. The lowest BCUT2D eigenvalue weighted by atomic mass is 10.2. The number of carbonyl (C=O) groups is 1. The van der Waals surface area contributed by atoms with E-state index >= 15 is 0 Å². The molecule has 0 aliphatic rings. The lowest BCUT2D eigenvalue weighted by Crippen LogP contribution is -2.39. The summed E-state index contributed by atoms with van der Waals surface area (Å²) in [5.74, 6) is -0.260. The first-order chi connectivity index (χ1) is 12.3. The van der Waals surface area contributed by atoms with E-state index in [0.29, 0.717) is 11.7 Å². The van der Waals surface area contributed by atoms with Gasteiger partial charge in [0.05, 0.1) is 11.9 Å². The van der Waals surface area contributed by atoms with Crippen molar-refractivity contribution in [2.45, 2.75) is 47.3 Å². The van der Waals surface area contributed by atoms with Crippen LogP contribution in [0, 0.1) is 13.8 Å². The van der Waals surface area contributed by atoms with Crippen molar-refractivity contribution in [2.75, 3.05) is 7.05 Å². The Hall–Kier alpha value is -2.48. The maximum Gasteiger partial charge on any atom is 0.250 e. The summed E-state index contributed by atoms with van der Waals surface area (Å²) in [6.45, 7) is 10.3. The smallest absolute Gasteiger partial charge is 0.250 e. The molecule has 0 aliphatic heterocycles. The van der Waals surface area contributed by atoms with Gasteiger partial charge < -0.3 is 4.90 Å². The monoisotopic (exact) mass is 374 g/mol. The Morgan fingerprint density at radius 3 is 2.65 bits per heavy atom. The number of aryl methyl sites for hydroxylation is 3. The SMILES string of the molecule is CCn1cc(/C=C/C(=O)NC(=S)N(C)Cc2c(C)nn(CC)c2C)cn1. The number of nitrogens with zero attached hydrogens (tertiary/aromatic N) is 5. The number of hydrogen-bond donors (Lipinski definition) is 1. The van der Waals surface area contributed by atoms with E-state index in [4.69, 9.17) is 12.2 Å². The first-order valence-corrected chi connectivity index (χ1v) is 9.06. The van der Waals surface area contributed by atoms with Gasteiger partial charge in [0.25, 0.3) is 0 Å². The van der Waals surface area contributed by atoms with Gasteiger partial charge in [0.15, 0.2) is 5.11 Å². The van der Waals surface area contributed by atoms with Gasteiger partial charge in [-0.05, 0) is 46.0 Å². The molecule has 2 heterocycles. The average Bonchev–Trinajstić information content (AvgIpc) is 3.19. The van der Waals surface area contributed by atoms with Gasteiger partial charge in [-0.2, -0.15) is 10.2 Å². The summed E-state index contributed by atoms with van der Waals surface area (Å²) >= 11 is 5.34. The van der Waals surface area contributed by atoms with Crippen LogP contribution in [0.15, 0.2) is 18.5 Å². The zero-order chi connectivity index (χ0) is 19.3. The molecule has 0 aromatic carbocycles. The van der Waals surface area contributed by atoms with E-state index < -0.39 is 0 Å². The highest BCUT2D eigenvalue weighted by Gasteiger charge is 2.15. The maximum atomic E-state index is 12.1. The topological polar surface area (TPSA) is 68.0 Å². The molecule has 8 heteroatoms. The van der Waals surface area contributed by atoms with Crippen LogP contribution >= 0.6 is 12.2 Å². The fourth-order valence-corrected chi connectivity index (χ4v) is 2.80. The van der Waals surface area contributed by atoms with E-state index in [1.807, 2.05) is 43.6 Å². The van der Waals surface area contributed by atoms with Gasteiger partial charge in [0, 0.05) is 55.8 Å². The zero-order valence-corrected chi connectivity index (χ0v) is 16.8. The highest BCUT2D eigenvalue weighted by molar-refractivity contribution is 7.80. The molecular weight excluding hydrogens is 348 g/mol. The van der Waals surface area contributed by atoms with Crippen LogP contribution in [-0.2, 0) is 24.4 Å². The third kappa shape index (κ3) is 4.78. The molecule has 0 saturated carbocycles. The molecule has 0 fully saturated rings. The van der Waals surface area contributed by atoms with Crippen LogP contribution in [0.3, 0.4) is 0 Å². The van der Waals surface area contributed by atoms with Crippen molar-refractivity contribution < 1.29 is 4.79 Å². The summed E-state index contributed by atoms with van der Waals surface area (Å²) in [7, 11) is 1.86. The van der Waals surface area contributed by atoms with E-state index in [1.165, 1.54) is 6.08 Å². The van der Waals surface area contributed by atoms with Crippen molar-refractivity contribution in [3.63, 3.8) is 0 Å². The standard InChI is InChI=1S/C18H26N6OS/c1-6-23-11-15(10-19-23)8-9-17(25)20-18(26)22(5)12-16-13(3)21-24(7-2)14(16)4/h8-11H,6-7,12H2,1-5H3,(H,20,25,26)/b9-8+. The molecule has 1 N–H and O–H groups in total. The van der Waals surface area contributed by atoms with Crippen LogP contribution in [0.2, 0.25) is 0 Å². The largest absolute Gasteiger partial charge is 0.348 e. The lowest BCUT2D eigenvalue weighted by molar-refractivity contribution is -0.115. The summed E-state index contributed by atoms with van der Waals surface area (Å²) in [6.07, 6.45) is 6.78. The molecule has 2 aromatic heterocycles. The molecule has 0 unspecified atom stereocenters. The van der Waals surface area contributed by atoms with Crippen LogP contribution in [-0.4, -0.2) is 42.5 Å². The molecule has 0 spiro atoms. The normalized spacial score (nSPS) is 11.1. The summed E-state index contributed by atoms with van der Waals surface area (Å²) in [5.41, 5.74) is 4.12. The van der Waals surface area contributed by atoms with Crippen LogP contribution in [0.25, 0.3) is 6.08 Å². The number of carbonyl (C=O) groups excluding carboxylic acids is 1. The highest BCUT2D eigenvalue weighted by Crippen LogP contribution is 2.15. The molecule has 1 amide bonds. The minimum absolute atomic E-state index is 0.260. The van der Waals surface area contributed by atoms with Gasteiger partial charge in [-0.25, -0.2) is 0 Å². The van der Waals surface area contributed by atoms with Crippen molar-refractivity contribution in [3.8, 4) is 0 Å². The van der Waals surface area contributed by atoms with Crippen LogP contribution < -0.4 is 5.32 Å². The number of thiocarbonyl (C=S) groups is 1. The Morgan fingerprint density at radius 2 is 2.08 bits per heavy atom. The fraction of sp³-hybridized carbons (Fsp3) is 0.444. The Balaban J connectivity index is 1.94. The lowest BCUT2D eigenvalue weighted by Gasteiger charge is -2.20.